The monoisotopic (exact) mass is 418 g/mol. The van der Waals surface area contributed by atoms with E-state index in [0.29, 0.717) is 17.1 Å². The molecule has 0 radical (unpaired) electrons. The second-order valence-corrected chi connectivity index (χ2v) is 8.76. The van der Waals surface area contributed by atoms with Gasteiger partial charge in [0.2, 0.25) is 0 Å². The van der Waals surface area contributed by atoms with E-state index < -0.39 is 17.8 Å². The van der Waals surface area contributed by atoms with Gasteiger partial charge < -0.3 is 10.6 Å². The SMILES string of the molecule is CC(C)C[C@H](NC(=O)c1ncccc1F)c1nc(C(=O)NC2CCCCC2)cs1. The van der Waals surface area contributed by atoms with E-state index in [1.54, 1.807) is 5.38 Å². The van der Waals surface area contributed by atoms with Crippen LogP contribution in [0.15, 0.2) is 23.7 Å². The Morgan fingerprint density at radius 2 is 2.00 bits per heavy atom. The molecule has 29 heavy (non-hydrogen) atoms. The second kappa shape index (κ2) is 9.91. The van der Waals surface area contributed by atoms with Crippen molar-refractivity contribution in [3.63, 3.8) is 0 Å². The molecule has 1 aliphatic carbocycles. The summed E-state index contributed by atoms with van der Waals surface area (Å²) in [7, 11) is 0. The van der Waals surface area contributed by atoms with E-state index in [4.69, 9.17) is 0 Å². The van der Waals surface area contributed by atoms with Crippen LogP contribution in [0, 0.1) is 11.7 Å². The van der Waals surface area contributed by atoms with E-state index in [1.807, 2.05) is 13.8 Å². The Labute approximate surface area is 174 Å². The van der Waals surface area contributed by atoms with Crippen LogP contribution in [0.25, 0.3) is 0 Å². The zero-order valence-corrected chi connectivity index (χ0v) is 17.6. The topological polar surface area (TPSA) is 84.0 Å². The summed E-state index contributed by atoms with van der Waals surface area (Å²) in [5.41, 5.74) is 0.121. The van der Waals surface area contributed by atoms with Crippen LogP contribution in [0.5, 0.6) is 0 Å². The molecule has 2 aromatic rings. The first kappa shape index (κ1) is 21.4. The van der Waals surface area contributed by atoms with Gasteiger partial charge in [0, 0.05) is 17.6 Å². The molecule has 2 heterocycles. The fourth-order valence-corrected chi connectivity index (χ4v) is 4.39. The average Bonchev–Trinajstić information content (AvgIpc) is 3.18. The Balaban J connectivity index is 1.71. The second-order valence-electron chi connectivity index (χ2n) is 7.87. The lowest BCUT2D eigenvalue weighted by Crippen LogP contribution is -2.36. The minimum atomic E-state index is -0.667. The van der Waals surface area contributed by atoms with Crippen molar-refractivity contribution in [1.82, 2.24) is 20.6 Å². The highest BCUT2D eigenvalue weighted by molar-refractivity contribution is 7.09. The molecule has 1 aliphatic rings. The number of aromatic nitrogens is 2. The van der Waals surface area contributed by atoms with Crippen molar-refractivity contribution in [2.75, 3.05) is 0 Å². The number of hydrogen-bond donors (Lipinski definition) is 2. The zero-order chi connectivity index (χ0) is 20.8. The van der Waals surface area contributed by atoms with Crippen LogP contribution in [0.3, 0.4) is 0 Å². The van der Waals surface area contributed by atoms with Gasteiger partial charge in [-0.15, -0.1) is 11.3 Å². The van der Waals surface area contributed by atoms with E-state index in [1.165, 1.54) is 36.1 Å². The molecular formula is C21H27FN4O2S. The summed E-state index contributed by atoms with van der Waals surface area (Å²) < 4.78 is 13.9. The third-order valence-electron chi connectivity index (χ3n) is 4.98. The maximum absolute atomic E-state index is 13.9. The molecular weight excluding hydrogens is 391 g/mol. The number of pyridine rings is 1. The number of halogens is 1. The molecule has 1 fully saturated rings. The molecule has 0 aromatic carbocycles. The van der Waals surface area contributed by atoms with Gasteiger partial charge in [0.05, 0.1) is 6.04 Å². The summed E-state index contributed by atoms with van der Waals surface area (Å²) in [6, 6.07) is 2.44. The number of hydrogen-bond acceptors (Lipinski definition) is 5. The van der Waals surface area contributed by atoms with Gasteiger partial charge in [-0.25, -0.2) is 14.4 Å². The number of carbonyl (C=O) groups is 2. The third-order valence-corrected chi connectivity index (χ3v) is 5.94. The van der Waals surface area contributed by atoms with Crippen molar-refractivity contribution in [2.24, 2.45) is 5.92 Å². The molecule has 0 aliphatic heterocycles. The predicted octanol–water partition coefficient (Wildman–Crippen LogP) is 4.26. The largest absolute Gasteiger partial charge is 0.348 e. The van der Waals surface area contributed by atoms with Gasteiger partial charge in [-0.3, -0.25) is 9.59 Å². The Kier molecular flexibility index (Phi) is 7.30. The first-order valence-corrected chi connectivity index (χ1v) is 11.0. The lowest BCUT2D eigenvalue weighted by Gasteiger charge is -2.22. The molecule has 0 saturated heterocycles. The van der Waals surface area contributed by atoms with Gasteiger partial charge in [-0.1, -0.05) is 33.1 Å². The van der Waals surface area contributed by atoms with Gasteiger partial charge in [-0.2, -0.15) is 0 Å². The van der Waals surface area contributed by atoms with Crippen molar-refractivity contribution >= 4 is 23.2 Å². The van der Waals surface area contributed by atoms with Crippen molar-refractivity contribution < 1.29 is 14.0 Å². The minimum absolute atomic E-state index is 0.176. The van der Waals surface area contributed by atoms with Crippen LogP contribution < -0.4 is 10.6 Å². The maximum atomic E-state index is 13.9. The van der Waals surface area contributed by atoms with Gasteiger partial charge in [-0.05, 0) is 37.3 Å². The van der Waals surface area contributed by atoms with Crippen LogP contribution in [-0.2, 0) is 0 Å². The third kappa shape index (κ3) is 5.82. The minimum Gasteiger partial charge on any atom is -0.348 e. The molecule has 0 spiro atoms. The number of amides is 2. The van der Waals surface area contributed by atoms with Crippen LogP contribution in [0.2, 0.25) is 0 Å². The molecule has 8 heteroatoms. The molecule has 1 saturated carbocycles. The number of rotatable bonds is 7. The standard InChI is InChI=1S/C21H27FN4O2S/c1-13(2)11-16(25-20(28)18-15(22)9-6-10-23-18)21-26-17(12-29-21)19(27)24-14-7-4-3-5-8-14/h6,9-10,12-14,16H,3-5,7-8,11H2,1-2H3,(H,24,27)(H,25,28)/t16-/m0/s1. The van der Waals surface area contributed by atoms with Crippen molar-refractivity contribution in [2.45, 2.75) is 64.5 Å². The smallest absolute Gasteiger partial charge is 0.273 e. The number of nitrogens with one attached hydrogen (secondary N) is 2. The van der Waals surface area contributed by atoms with E-state index >= 15 is 0 Å². The highest BCUT2D eigenvalue weighted by Crippen LogP contribution is 2.26. The Hall–Kier alpha value is -2.35. The predicted molar refractivity (Wildman–Crippen MR) is 110 cm³/mol. The van der Waals surface area contributed by atoms with Crippen LogP contribution >= 0.6 is 11.3 Å². The first-order chi connectivity index (χ1) is 13.9. The summed E-state index contributed by atoms with van der Waals surface area (Å²) in [4.78, 5) is 33.4. The van der Waals surface area contributed by atoms with Gasteiger partial charge in [0.1, 0.15) is 10.7 Å². The first-order valence-electron chi connectivity index (χ1n) is 10.1. The molecule has 1 atom stereocenters. The van der Waals surface area contributed by atoms with Crippen molar-refractivity contribution in [3.8, 4) is 0 Å². The van der Waals surface area contributed by atoms with E-state index in [2.05, 4.69) is 20.6 Å². The number of nitrogens with zero attached hydrogens (tertiary/aromatic N) is 2. The van der Waals surface area contributed by atoms with Crippen molar-refractivity contribution in [1.29, 1.82) is 0 Å². The highest BCUT2D eigenvalue weighted by Gasteiger charge is 2.24. The maximum Gasteiger partial charge on any atom is 0.273 e. The molecule has 6 nitrogen and oxygen atoms in total. The van der Waals surface area contributed by atoms with E-state index in [0.717, 1.165) is 25.7 Å². The van der Waals surface area contributed by atoms with Gasteiger partial charge in [0.15, 0.2) is 11.5 Å². The molecule has 2 aromatic heterocycles. The quantitative estimate of drug-likeness (QED) is 0.704. The molecule has 2 amide bonds. The Bertz CT molecular complexity index is 849. The zero-order valence-electron chi connectivity index (χ0n) is 16.8. The Morgan fingerprint density at radius 1 is 1.24 bits per heavy atom. The average molecular weight is 419 g/mol. The van der Waals surface area contributed by atoms with Crippen molar-refractivity contribution in [3.05, 3.63) is 45.9 Å². The van der Waals surface area contributed by atoms with E-state index in [9.17, 15) is 14.0 Å². The van der Waals surface area contributed by atoms with Gasteiger partial charge in [0.25, 0.3) is 11.8 Å². The molecule has 3 rings (SSSR count). The summed E-state index contributed by atoms with van der Waals surface area (Å²) in [6.07, 6.45) is 7.51. The molecule has 156 valence electrons. The summed E-state index contributed by atoms with van der Waals surface area (Å²) in [5, 5.41) is 8.24. The highest BCUT2D eigenvalue weighted by atomic mass is 32.1. The molecule has 2 N–H and O–H groups in total. The Morgan fingerprint density at radius 3 is 2.69 bits per heavy atom. The fourth-order valence-electron chi connectivity index (χ4n) is 3.53. The van der Waals surface area contributed by atoms with Gasteiger partial charge >= 0.3 is 0 Å². The number of thiazole rings is 1. The normalized spacial score (nSPS) is 15.9. The van der Waals surface area contributed by atoms with Crippen LogP contribution in [-0.4, -0.2) is 27.8 Å². The van der Waals surface area contributed by atoms with Crippen LogP contribution in [0.1, 0.15) is 84.4 Å². The molecule has 0 bridgehead atoms. The summed E-state index contributed by atoms with van der Waals surface area (Å²) in [5.74, 6) is -1.15. The lowest BCUT2D eigenvalue weighted by molar-refractivity contribution is 0.0918. The van der Waals surface area contributed by atoms with E-state index in [-0.39, 0.29) is 23.6 Å². The fraction of sp³-hybridized carbons (Fsp3) is 0.524. The lowest BCUT2D eigenvalue weighted by atomic mass is 9.95. The molecule has 0 unspecified atom stereocenters. The summed E-state index contributed by atoms with van der Waals surface area (Å²) in [6.45, 7) is 4.07. The van der Waals surface area contributed by atoms with Crippen LogP contribution in [0.4, 0.5) is 4.39 Å². The summed E-state index contributed by atoms with van der Waals surface area (Å²) >= 11 is 1.33. The number of carbonyl (C=O) groups excluding carboxylic acids is 2.